The third-order valence-corrected chi connectivity index (χ3v) is 2.14. The van der Waals surface area contributed by atoms with Crippen LogP contribution in [0.2, 0.25) is 0 Å². The van der Waals surface area contributed by atoms with Crippen molar-refractivity contribution in [3.63, 3.8) is 0 Å². The number of rotatable bonds is 4. The van der Waals surface area contributed by atoms with E-state index < -0.39 is 11.4 Å². The monoisotopic (exact) mass is 224 g/mol. The van der Waals surface area contributed by atoms with E-state index in [2.05, 4.69) is 10.3 Å². The predicted molar refractivity (Wildman–Crippen MR) is 62.1 cm³/mol. The van der Waals surface area contributed by atoms with E-state index in [0.717, 1.165) is 0 Å². The van der Waals surface area contributed by atoms with Crippen molar-refractivity contribution in [2.24, 2.45) is 5.73 Å². The Morgan fingerprint density at radius 2 is 2.12 bits per heavy atom. The molecule has 0 aromatic carbocycles. The maximum Gasteiger partial charge on any atom is 0.242 e. The summed E-state index contributed by atoms with van der Waals surface area (Å²) in [5, 5.41) is 2.90. The van der Waals surface area contributed by atoms with Gasteiger partial charge in [-0.05, 0) is 26.0 Å². The molecule has 0 saturated heterocycles. The fourth-order valence-corrected chi connectivity index (χ4v) is 1.07. The van der Waals surface area contributed by atoms with Gasteiger partial charge in [-0.2, -0.15) is 4.98 Å². The average Bonchev–Trinajstić information content (AvgIpc) is 2.20. The number of nitrogens with two attached hydrogens (primary N) is 2. The Kier molecular flexibility index (Phi) is 3.22. The SMILES string of the molecule is COc1nc(NC(C)(C)C(N)=O)ccc1N. The Morgan fingerprint density at radius 3 is 2.62 bits per heavy atom. The van der Waals surface area contributed by atoms with Crippen molar-refractivity contribution < 1.29 is 9.53 Å². The van der Waals surface area contributed by atoms with Gasteiger partial charge in [-0.3, -0.25) is 4.79 Å². The van der Waals surface area contributed by atoms with E-state index in [4.69, 9.17) is 16.2 Å². The highest BCUT2D eigenvalue weighted by molar-refractivity contribution is 5.86. The molecule has 1 amide bonds. The van der Waals surface area contributed by atoms with E-state index in [1.54, 1.807) is 26.0 Å². The van der Waals surface area contributed by atoms with Crippen LogP contribution in [0.5, 0.6) is 5.88 Å². The average molecular weight is 224 g/mol. The number of anilines is 2. The summed E-state index contributed by atoms with van der Waals surface area (Å²) in [7, 11) is 1.47. The molecule has 88 valence electrons. The molecule has 16 heavy (non-hydrogen) atoms. The molecule has 1 aromatic heterocycles. The smallest absolute Gasteiger partial charge is 0.242 e. The number of nitrogens with zero attached hydrogens (tertiary/aromatic N) is 1. The number of methoxy groups -OCH3 is 1. The van der Waals surface area contributed by atoms with Gasteiger partial charge in [0, 0.05) is 0 Å². The first-order valence-electron chi connectivity index (χ1n) is 4.75. The van der Waals surface area contributed by atoms with Crippen molar-refractivity contribution in [1.82, 2.24) is 4.98 Å². The summed E-state index contributed by atoms with van der Waals surface area (Å²) in [5.41, 5.74) is 10.4. The molecule has 0 bridgehead atoms. The predicted octanol–water partition coefficient (Wildman–Crippen LogP) is 0.348. The van der Waals surface area contributed by atoms with E-state index in [0.29, 0.717) is 17.4 Å². The van der Waals surface area contributed by atoms with E-state index in [1.165, 1.54) is 7.11 Å². The number of primary amides is 1. The molecule has 0 saturated carbocycles. The highest BCUT2D eigenvalue weighted by Crippen LogP contribution is 2.22. The quantitative estimate of drug-likeness (QED) is 0.684. The fraction of sp³-hybridized carbons (Fsp3) is 0.400. The lowest BCUT2D eigenvalue weighted by Gasteiger charge is -2.23. The minimum Gasteiger partial charge on any atom is -0.479 e. The Hall–Kier alpha value is -1.98. The minimum atomic E-state index is -0.881. The van der Waals surface area contributed by atoms with E-state index in [1.807, 2.05) is 0 Å². The zero-order valence-corrected chi connectivity index (χ0v) is 9.57. The van der Waals surface area contributed by atoms with Crippen LogP contribution >= 0.6 is 0 Å². The molecule has 0 aliphatic carbocycles. The van der Waals surface area contributed by atoms with Gasteiger partial charge in [0.05, 0.1) is 12.8 Å². The summed E-state index contributed by atoms with van der Waals surface area (Å²) >= 11 is 0. The summed E-state index contributed by atoms with van der Waals surface area (Å²) in [6, 6.07) is 3.30. The summed E-state index contributed by atoms with van der Waals surface area (Å²) in [6.45, 7) is 3.33. The van der Waals surface area contributed by atoms with Crippen LogP contribution in [0.4, 0.5) is 11.5 Å². The molecule has 0 unspecified atom stereocenters. The van der Waals surface area contributed by atoms with Crippen molar-refractivity contribution in [2.45, 2.75) is 19.4 Å². The molecule has 1 aromatic rings. The summed E-state index contributed by atoms with van der Waals surface area (Å²) < 4.78 is 4.97. The van der Waals surface area contributed by atoms with Gasteiger partial charge in [-0.15, -0.1) is 0 Å². The van der Waals surface area contributed by atoms with Crippen LogP contribution in [0, 0.1) is 0 Å². The van der Waals surface area contributed by atoms with Crippen LogP contribution in [0.15, 0.2) is 12.1 Å². The fourth-order valence-electron chi connectivity index (χ4n) is 1.07. The number of hydrogen-bond acceptors (Lipinski definition) is 5. The highest BCUT2D eigenvalue weighted by atomic mass is 16.5. The summed E-state index contributed by atoms with van der Waals surface area (Å²) in [4.78, 5) is 15.2. The molecule has 6 heteroatoms. The lowest BCUT2D eigenvalue weighted by molar-refractivity contribution is -0.121. The molecule has 6 nitrogen and oxygen atoms in total. The number of nitrogen functional groups attached to an aromatic ring is 1. The molecular formula is C10H16N4O2. The van der Waals surface area contributed by atoms with Gasteiger partial charge in [-0.25, -0.2) is 0 Å². The maximum absolute atomic E-state index is 11.1. The van der Waals surface area contributed by atoms with Crippen LogP contribution in [-0.4, -0.2) is 23.5 Å². The highest BCUT2D eigenvalue weighted by Gasteiger charge is 2.25. The third kappa shape index (κ3) is 2.53. The second-order valence-electron chi connectivity index (χ2n) is 3.91. The summed E-state index contributed by atoms with van der Waals surface area (Å²) in [6.07, 6.45) is 0. The van der Waals surface area contributed by atoms with Gasteiger partial charge in [0.25, 0.3) is 0 Å². The van der Waals surface area contributed by atoms with Gasteiger partial charge in [-0.1, -0.05) is 0 Å². The van der Waals surface area contributed by atoms with Crippen molar-refractivity contribution in [3.8, 4) is 5.88 Å². The maximum atomic E-state index is 11.1. The Labute approximate surface area is 94.0 Å². The lowest BCUT2D eigenvalue weighted by atomic mass is 10.1. The molecule has 0 atom stereocenters. The van der Waals surface area contributed by atoms with E-state index >= 15 is 0 Å². The van der Waals surface area contributed by atoms with Crippen molar-refractivity contribution >= 4 is 17.4 Å². The van der Waals surface area contributed by atoms with Crippen molar-refractivity contribution in [3.05, 3.63) is 12.1 Å². The lowest BCUT2D eigenvalue weighted by Crippen LogP contribution is -2.45. The van der Waals surface area contributed by atoms with Gasteiger partial charge >= 0.3 is 0 Å². The number of aromatic nitrogens is 1. The number of carbonyl (C=O) groups excluding carboxylic acids is 1. The molecule has 1 heterocycles. The standard InChI is InChI=1S/C10H16N4O2/c1-10(2,9(12)15)14-7-5-4-6(11)8(13-7)16-3/h4-5H,11H2,1-3H3,(H2,12,15)(H,13,14). The van der Waals surface area contributed by atoms with Crippen molar-refractivity contribution in [2.75, 3.05) is 18.2 Å². The molecule has 0 aliphatic heterocycles. The molecule has 1 rings (SSSR count). The van der Waals surface area contributed by atoms with Crippen LogP contribution < -0.4 is 21.5 Å². The number of carbonyl (C=O) groups is 1. The van der Waals surface area contributed by atoms with E-state index in [9.17, 15) is 4.79 Å². The van der Waals surface area contributed by atoms with Gasteiger partial charge in [0.1, 0.15) is 11.4 Å². The second-order valence-corrected chi connectivity index (χ2v) is 3.91. The Morgan fingerprint density at radius 1 is 1.50 bits per heavy atom. The molecule has 0 fully saturated rings. The molecule has 0 spiro atoms. The summed E-state index contributed by atoms with van der Waals surface area (Å²) in [5.74, 6) is 0.324. The third-order valence-electron chi connectivity index (χ3n) is 2.14. The first-order chi connectivity index (χ1) is 7.36. The van der Waals surface area contributed by atoms with Crippen LogP contribution in [-0.2, 0) is 4.79 Å². The number of pyridine rings is 1. The van der Waals surface area contributed by atoms with Gasteiger partial charge in [0.2, 0.25) is 11.8 Å². The van der Waals surface area contributed by atoms with Gasteiger partial charge in [0.15, 0.2) is 0 Å². The minimum absolute atomic E-state index is 0.310. The number of nitrogens with one attached hydrogen (secondary N) is 1. The molecule has 5 N–H and O–H groups in total. The first-order valence-corrected chi connectivity index (χ1v) is 4.75. The van der Waals surface area contributed by atoms with Gasteiger partial charge < -0.3 is 21.5 Å². The number of amides is 1. The largest absolute Gasteiger partial charge is 0.479 e. The zero-order chi connectivity index (χ0) is 12.3. The Balaban J connectivity index is 2.94. The molecule has 0 radical (unpaired) electrons. The zero-order valence-electron chi connectivity index (χ0n) is 9.57. The number of ether oxygens (including phenoxy) is 1. The first kappa shape index (κ1) is 12.1. The van der Waals surface area contributed by atoms with E-state index in [-0.39, 0.29) is 0 Å². The molecule has 0 aliphatic rings. The normalized spacial score (nSPS) is 10.9. The number of hydrogen-bond donors (Lipinski definition) is 3. The van der Waals surface area contributed by atoms with Crippen LogP contribution in [0.25, 0.3) is 0 Å². The van der Waals surface area contributed by atoms with Crippen LogP contribution in [0.3, 0.4) is 0 Å². The topological polar surface area (TPSA) is 103 Å². The second kappa shape index (κ2) is 4.26. The van der Waals surface area contributed by atoms with Crippen molar-refractivity contribution in [1.29, 1.82) is 0 Å². The Bertz CT molecular complexity index is 404. The molecular weight excluding hydrogens is 208 g/mol. The van der Waals surface area contributed by atoms with Crippen LogP contribution in [0.1, 0.15) is 13.8 Å².